The Bertz CT molecular complexity index is 3670. The van der Waals surface area contributed by atoms with Crippen molar-refractivity contribution in [3.05, 3.63) is 338 Å². The first-order valence-electron chi connectivity index (χ1n) is 31.6. The van der Waals surface area contributed by atoms with Crippen LogP contribution in [0.5, 0.6) is 0 Å². The molecule has 2 atom stereocenters. The molecule has 1 aliphatic heterocycles. The van der Waals surface area contributed by atoms with Crippen molar-refractivity contribution < 1.29 is 143 Å². The third-order valence-electron chi connectivity index (χ3n) is 16.8. The Morgan fingerprint density at radius 2 is 0.570 bits per heavy atom. The SMILES string of the molecule is FC(F)(F)c1cc([B-](c2cc(C(F)(F)F)cc(C(F)(F)F)c2)(c2cc(C(F)(F)F)cc(C(F)(F)F)c2)c2cc(C(F)(F)F)cc(C(F)(F)F)c2)cc(C(F)(F)F)c1.[CH]1[CH]CC[CH][CH]CC1.[CH]1[CH][CH][CH][CH]1.[CH]1[CH][C](C2=N[C@@H](c3ccccc3)[C@H](c3ccccc3)N2)[C](P(c2ccccc2)c2ccccc2)[CH]1.[Fe+3].[Ir]. The number of rotatable bonds is 10. The largest absolute Gasteiger partial charge is 3.00 e. The van der Waals surface area contributed by atoms with Gasteiger partial charge in [0.15, 0.2) is 0 Å². The van der Waals surface area contributed by atoms with Crippen LogP contribution in [0.1, 0.15) is 93.4 Å². The Hall–Kier alpha value is -6.79. The van der Waals surface area contributed by atoms with E-state index in [1.165, 1.54) is 59.0 Å². The van der Waals surface area contributed by atoms with Gasteiger partial charge in [0.25, 0.3) is 0 Å². The van der Waals surface area contributed by atoms with Gasteiger partial charge in [-0.2, -0.15) is 127 Å². The Labute approximate surface area is 627 Å². The van der Waals surface area contributed by atoms with Crippen LogP contribution in [0.3, 0.4) is 0 Å². The number of hydrogen-bond acceptors (Lipinski definition) is 2. The van der Waals surface area contributed by atoms with Crippen LogP contribution in [0.2, 0.25) is 0 Å². The van der Waals surface area contributed by atoms with E-state index in [0.717, 1.165) is 5.84 Å². The minimum atomic E-state index is -6.13. The smallest absolute Gasteiger partial charge is 0.364 e. The van der Waals surface area contributed by atoms with Gasteiger partial charge >= 0.3 is 66.5 Å². The van der Waals surface area contributed by atoms with Crippen molar-refractivity contribution in [2.75, 3.05) is 0 Å². The van der Waals surface area contributed by atoms with E-state index in [1.807, 2.05) is 32.1 Å². The maximum absolute atomic E-state index is 14.2. The molecule has 16 radical (unpaired) electrons. The van der Waals surface area contributed by atoms with Gasteiger partial charge in [-0.25, -0.2) is 0 Å². The molecule has 0 amide bonds. The van der Waals surface area contributed by atoms with Gasteiger partial charge in [0.2, 0.25) is 0 Å². The molecule has 4 aliphatic rings. The average molecular weight is 1750 g/mol. The molecule has 0 aromatic heterocycles. The Morgan fingerprint density at radius 3 is 0.832 bits per heavy atom. The third-order valence-corrected chi connectivity index (χ3v) is 19.3. The summed E-state index contributed by atoms with van der Waals surface area (Å²) in [5, 5.41) is 6.51. The molecule has 1 N–H and O–H groups in total. The van der Waals surface area contributed by atoms with Crippen LogP contribution in [0.15, 0.2) is 199 Å². The molecule has 564 valence electrons. The minimum absolute atomic E-state index is 0. The summed E-state index contributed by atoms with van der Waals surface area (Å²) in [5.41, 5.74) is -26.4. The van der Waals surface area contributed by atoms with E-state index in [2.05, 4.69) is 172 Å². The van der Waals surface area contributed by atoms with Crippen LogP contribution in [-0.2, 0) is 86.6 Å². The van der Waals surface area contributed by atoms with E-state index in [1.54, 1.807) is 0 Å². The molecule has 0 saturated heterocycles. The minimum Gasteiger partial charge on any atom is -0.364 e. The van der Waals surface area contributed by atoms with Crippen molar-refractivity contribution in [1.82, 2.24) is 5.32 Å². The standard InChI is InChI=1S/C32H12BF24.C32H26N2P.C8H12.C5H5.Fe.Ir/c34-25(35,36)13-1-14(26(37,38)39)6-21(5-13)33(22-7-15(27(40,41)42)2-16(8-22)28(43,44)45,23-9-17(29(46,47)48)3-18(10-23)30(49,50)51)24-11-19(31(52,53)54)4-20(12-24)32(55,56)57;1-5-14-24(15-6-1)30-31(25-16-7-2-8-17-25)34-32(33-30)28-22-13-23-29(28)35(26-18-9-3-10-19-26)27-20-11-4-12-21-27;1-2-4-6-8-7-5-3-1;1-2-4-5-3-1;;/h1-12H;1-23,30-31H,(H,33,34);1-2,7-8H,3-6H2;1-5H;;/q-1;;;;+3;/t;30-,31-;;;;/m.0..../s1. The number of nitrogens with one attached hydrogen (secondary N) is 1. The zero-order valence-electron chi connectivity index (χ0n) is 54.6. The molecule has 2 nitrogen and oxygen atoms in total. The molecule has 8 aromatic carbocycles. The Kier molecular flexibility index (Phi) is 29.4. The van der Waals surface area contributed by atoms with Crippen molar-refractivity contribution in [3.8, 4) is 0 Å². The molecule has 12 rings (SSSR count). The van der Waals surface area contributed by atoms with E-state index in [9.17, 15) is 105 Å². The van der Waals surface area contributed by atoms with Crippen LogP contribution in [0, 0.1) is 88.6 Å². The number of alkyl halides is 24. The first kappa shape index (κ1) is 87.4. The van der Waals surface area contributed by atoms with Crippen molar-refractivity contribution >= 4 is 52.4 Å². The normalized spacial score (nSPS) is 17.3. The summed E-state index contributed by atoms with van der Waals surface area (Å²) in [6, 6.07) is 34.3. The van der Waals surface area contributed by atoms with Gasteiger partial charge in [0.1, 0.15) is 18.0 Å². The summed E-state index contributed by atoms with van der Waals surface area (Å²) in [4.78, 5) is 5.30. The van der Waals surface area contributed by atoms with Crippen LogP contribution in [0.4, 0.5) is 105 Å². The monoisotopic (exact) mass is 1750 g/mol. The number of hydrogen-bond donors (Lipinski definition) is 1. The van der Waals surface area contributed by atoms with E-state index in [4.69, 9.17) is 4.99 Å². The fourth-order valence-corrected chi connectivity index (χ4v) is 14.6. The fraction of sp³-hybridized carbons (Fsp3) is 0.182. The van der Waals surface area contributed by atoms with Crippen LogP contribution >= 0.6 is 7.92 Å². The average Bonchev–Trinajstić information content (AvgIpc) is 1.45. The quantitative estimate of drug-likeness (QED) is 0.0824. The van der Waals surface area contributed by atoms with Gasteiger partial charge in [-0.15, -0.1) is 0 Å². The predicted octanol–water partition coefficient (Wildman–Crippen LogP) is 20.9. The van der Waals surface area contributed by atoms with Crippen LogP contribution < -0.4 is 37.8 Å². The van der Waals surface area contributed by atoms with Gasteiger partial charge in [0, 0.05) is 25.8 Å². The van der Waals surface area contributed by atoms with Gasteiger partial charge in [-0.1, -0.05) is 170 Å². The van der Waals surface area contributed by atoms with E-state index in [-0.39, 0.29) is 49.3 Å². The summed E-state index contributed by atoms with van der Waals surface area (Å²) in [6.07, 6.45) is -24.1. The summed E-state index contributed by atoms with van der Waals surface area (Å²) in [6.45, 7) is 0. The molecular formula is C77H55BF24FeIrN2P+2. The number of benzene rings is 8. The molecule has 3 saturated carbocycles. The summed E-state index contributed by atoms with van der Waals surface area (Å²) in [5.74, 6) is 2.18. The molecule has 3 aliphatic carbocycles. The number of aliphatic imine (C=N–C) groups is 1. The maximum atomic E-state index is 14.2. The molecule has 30 heteroatoms. The molecule has 107 heavy (non-hydrogen) atoms. The van der Waals surface area contributed by atoms with Gasteiger partial charge in [-0.05, 0) is 157 Å². The van der Waals surface area contributed by atoms with E-state index < -0.39 is 203 Å². The second-order valence-electron chi connectivity index (χ2n) is 24.0. The number of nitrogens with zero attached hydrogens (tertiary/aromatic N) is 1. The van der Waals surface area contributed by atoms with E-state index >= 15 is 0 Å². The second-order valence-corrected chi connectivity index (χ2v) is 26.2. The maximum Gasteiger partial charge on any atom is 3.00 e. The van der Waals surface area contributed by atoms with Crippen LogP contribution in [-0.4, -0.2) is 12.0 Å². The van der Waals surface area contributed by atoms with Crippen molar-refractivity contribution in [3.63, 3.8) is 0 Å². The molecule has 8 aromatic rings. The zero-order valence-corrected chi connectivity index (χ0v) is 59.0. The van der Waals surface area contributed by atoms with Gasteiger partial charge in [-0.3, -0.25) is 4.99 Å². The zero-order chi connectivity index (χ0) is 76.6. The van der Waals surface area contributed by atoms with Crippen molar-refractivity contribution in [1.29, 1.82) is 0 Å². The molecule has 0 bridgehead atoms. The van der Waals surface area contributed by atoms with Crippen LogP contribution in [0.25, 0.3) is 0 Å². The summed E-state index contributed by atoms with van der Waals surface area (Å²) < 4.78 is 341. The second kappa shape index (κ2) is 35.9. The third kappa shape index (κ3) is 22.5. The van der Waals surface area contributed by atoms with Gasteiger partial charge in [0.05, 0.1) is 56.5 Å². The first-order valence-corrected chi connectivity index (χ1v) is 32.9. The Morgan fingerprint density at radius 1 is 0.318 bits per heavy atom. The molecule has 0 spiro atoms. The molecular weight excluding hydrogens is 1700 g/mol. The van der Waals surface area contributed by atoms with Gasteiger partial charge < -0.3 is 5.32 Å². The Balaban J connectivity index is 0.000000266. The first-order chi connectivity index (χ1) is 49.1. The fourth-order valence-electron chi connectivity index (χ4n) is 12.1. The molecule has 0 unspecified atom stereocenters. The molecule has 1 heterocycles. The summed E-state index contributed by atoms with van der Waals surface area (Å²) >= 11 is 0. The molecule has 3 fully saturated rings. The predicted molar refractivity (Wildman–Crippen MR) is 355 cm³/mol. The number of halogens is 24. The topological polar surface area (TPSA) is 24.4 Å². The number of amidine groups is 1. The van der Waals surface area contributed by atoms with Crippen molar-refractivity contribution in [2.24, 2.45) is 4.99 Å². The van der Waals surface area contributed by atoms with E-state index in [0.29, 0.717) is 0 Å². The summed E-state index contributed by atoms with van der Waals surface area (Å²) in [7, 11) is -0.704. The van der Waals surface area contributed by atoms with Crippen molar-refractivity contribution in [2.45, 2.75) is 87.2 Å².